The topological polar surface area (TPSA) is 72.1 Å². The number of carbonyl (C=O) groups is 1. The number of unbranched alkanes of at least 4 members (excludes halogenated alkanes) is 3. The Morgan fingerprint density at radius 1 is 1.08 bits per heavy atom. The number of aliphatic hydroxyl groups is 1. The number of benzene rings is 1. The largest absolute Gasteiger partial charge is 0.497 e. The maximum Gasteiger partial charge on any atom is 0.266 e. The van der Waals surface area contributed by atoms with Gasteiger partial charge in [0.2, 0.25) is 0 Å². The van der Waals surface area contributed by atoms with Crippen LogP contribution in [0.15, 0.2) is 33.6 Å². The highest BCUT2D eigenvalue weighted by Gasteiger charge is 2.48. The fourth-order valence-electron chi connectivity index (χ4n) is 6.05. The van der Waals surface area contributed by atoms with Gasteiger partial charge in [0, 0.05) is 30.4 Å². The summed E-state index contributed by atoms with van der Waals surface area (Å²) in [5.74, 6) is 4.12. The highest BCUT2D eigenvalue weighted by Crippen LogP contribution is 2.49. The molecule has 1 aromatic heterocycles. The Kier molecular flexibility index (Phi) is 8.27. The molecule has 1 N–H and O–H groups in total. The van der Waals surface area contributed by atoms with E-state index in [1.54, 1.807) is 14.2 Å². The number of methoxy groups -OCH3 is 2. The molecule has 1 amide bonds. The van der Waals surface area contributed by atoms with Crippen LogP contribution in [0.3, 0.4) is 0 Å². The molecule has 8 heteroatoms. The molecular formula is C29H35NO5S2. The average molecular weight is 542 g/mol. The summed E-state index contributed by atoms with van der Waals surface area (Å²) >= 11 is 7.08. The fraction of sp³-hybridized carbons (Fsp3) is 0.517. The molecule has 2 aromatic rings. The van der Waals surface area contributed by atoms with Crippen molar-refractivity contribution in [3.63, 3.8) is 0 Å². The molecule has 2 aliphatic carbocycles. The van der Waals surface area contributed by atoms with E-state index in [9.17, 15) is 4.79 Å². The molecule has 5 rings (SSSR count). The van der Waals surface area contributed by atoms with Crippen molar-refractivity contribution in [2.75, 3.05) is 20.8 Å². The summed E-state index contributed by atoms with van der Waals surface area (Å²) in [6.07, 6.45) is 11.3. The first-order valence-electron chi connectivity index (χ1n) is 13.2. The SMILES string of the molecule is COc1cc(OC)cc(-c2cc(CCCCCCO)c(C=C3SC(=S)N(C4CC5CCC4C5)C3=O)o2)c1. The van der Waals surface area contributed by atoms with Crippen molar-refractivity contribution in [1.82, 2.24) is 4.90 Å². The Hall–Kier alpha value is -2.29. The summed E-state index contributed by atoms with van der Waals surface area (Å²) in [7, 11) is 3.25. The predicted molar refractivity (Wildman–Crippen MR) is 151 cm³/mol. The van der Waals surface area contributed by atoms with Gasteiger partial charge in [-0.15, -0.1) is 0 Å². The minimum Gasteiger partial charge on any atom is -0.497 e. The van der Waals surface area contributed by atoms with Crippen LogP contribution in [0.1, 0.15) is 62.7 Å². The monoisotopic (exact) mass is 541 g/mol. The number of ether oxygens (including phenoxy) is 2. The van der Waals surface area contributed by atoms with E-state index >= 15 is 0 Å². The van der Waals surface area contributed by atoms with Crippen LogP contribution in [0.4, 0.5) is 0 Å². The normalized spacial score (nSPS) is 24.0. The Labute approximate surface area is 228 Å². The third-order valence-electron chi connectivity index (χ3n) is 7.95. The molecule has 3 atom stereocenters. The van der Waals surface area contributed by atoms with Crippen molar-refractivity contribution in [3.8, 4) is 22.8 Å². The van der Waals surface area contributed by atoms with Crippen LogP contribution in [-0.4, -0.2) is 47.1 Å². The summed E-state index contributed by atoms with van der Waals surface area (Å²) in [6.45, 7) is 0.225. The van der Waals surface area contributed by atoms with Crippen LogP contribution in [0.2, 0.25) is 0 Å². The zero-order valence-corrected chi connectivity index (χ0v) is 23.2. The van der Waals surface area contributed by atoms with Gasteiger partial charge in [-0.05, 0) is 74.1 Å². The molecule has 6 nitrogen and oxygen atoms in total. The third kappa shape index (κ3) is 5.61. The first-order valence-corrected chi connectivity index (χ1v) is 14.5. The number of rotatable bonds is 11. The van der Waals surface area contributed by atoms with Gasteiger partial charge in [-0.3, -0.25) is 9.69 Å². The maximum atomic E-state index is 13.5. The van der Waals surface area contributed by atoms with Gasteiger partial charge in [0.1, 0.15) is 27.3 Å². The number of hydrogen-bond donors (Lipinski definition) is 1. The molecule has 198 valence electrons. The lowest BCUT2D eigenvalue weighted by Gasteiger charge is -2.30. The van der Waals surface area contributed by atoms with Gasteiger partial charge in [-0.1, -0.05) is 43.2 Å². The molecule has 3 aliphatic rings. The second kappa shape index (κ2) is 11.6. The van der Waals surface area contributed by atoms with Gasteiger partial charge in [0.15, 0.2) is 0 Å². The van der Waals surface area contributed by atoms with Gasteiger partial charge >= 0.3 is 0 Å². The Balaban J connectivity index is 1.43. The van der Waals surface area contributed by atoms with Crippen LogP contribution in [-0.2, 0) is 11.2 Å². The lowest BCUT2D eigenvalue weighted by atomic mass is 9.94. The van der Waals surface area contributed by atoms with E-state index < -0.39 is 0 Å². The van der Waals surface area contributed by atoms with Gasteiger partial charge < -0.3 is 19.0 Å². The predicted octanol–water partition coefficient (Wildman–Crippen LogP) is 6.45. The molecule has 1 saturated heterocycles. The van der Waals surface area contributed by atoms with E-state index in [1.165, 1.54) is 31.0 Å². The second-order valence-corrected chi connectivity index (χ2v) is 12.0. The highest BCUT2D eigenvalue weighted by atomic mass is 32.2. The van der Waals surface area contributed by atoms with Crippen molar-refractivity contribution in [2.24, 2.45) is 11.8 Å². The van der Waals surface area contributed by atoms with Crippen molar-refractivity contribution in [3.05, 3.63) is 40.5 Å². The third-order valence-corrected chi connectivity index (χ3v) is 9.28. The van der Waals surface area contributed by atoms with Gasteiger partial charge in [0.05, 0.1) is 19.1 Å². The minimum absolute atomic E-state index is 0.0162. The number of nitrogens with zero attached hydrogens (tertiary/aromatic N) is 1. The second-order valence-electron chi connectivity index (χ2n) is 10.3. The summed E-state index contributed by atoms with van der Waals surface area (Å²) in [5, 5.41) is 9.09. The molecule has 1 aliphatic heterocycles. The quantitative estimate of drug-likeness (QED) is 0.199. The summed E-state index contributed by atoms with van der Waals surface area (Å²) in [4.78, 5) is 16.0. The number of carbonyl (C=O) groups excluding carboxylic acids is 1. The molecule has 0 spiro atoms. The van der Waals surface area contributed by atoms with E-state index in [2.05, 4.69) is 6.07 Å². The fourth-order valence-corrected chi connectivity index (χ4v) is 7.39. The number of furan rings is 1. The number of fused-ring (bicyclic) bond motifs is 2. The average Bonchev–Trinajstić information content (AvgIpc) is 3.68. The molecule has 2 bridgehead atoms. The van der Waals surface area contributed by atoms with E-state index in [0.717, 1.165) is 55.6 Å². The van der Waals surface area contributed by atoms with Gasteiger partial charge in [-0.25, -0.2) is 0 Å². The molecule has 3 fully saturated rings. The lowest BCUT2D eigenvalue weighted by Crippen LogP contribution is -2.41. The van der Waals surface area contributed by atoms with Gasteiger partial charge in [-0.2, -0.15) is 0 Å². The zero-order chi connectivity index (χ0) is 25.9. The first kappa shape index (κ1) is 26.3. The van der Waals surface area contributed by atoms with Crippen molar-refractivity contribution < 1.29 is 23.8 Å². The van der Waals surface area contributed by atoms with Crippen LogP contribution in [0.25, 0.3) is 17.4 Å². The number of thioether (sulfide) groups is 1. The van der Waals surface area contributed by atoms with Gasteiger partial charge in [0.25, 0.3) is 5.91 Å². The number of aliphatic hydroxyl groups excluding tert-OH is 1. The van der Waals surface area contributed by atoms with Crippen LogP contribution >= 0.6 is 24.0 Å². The lowest BCUT2D eigenvalue weighted by molar-refractivity contribution is -0.124. The summed E-state index contributed by atoms with van der Waals surface area (Å²) < 4.78 is 18.0. The number of hydrogen-bond acceptors (Lipinski definition) is 7. The van der Waals surface area contributed by atoms with Crippen molar-refractivity contribution >= 4 is 40.3 Å². The van der Waals surface area contributed by atoms with E-state index in [1.807, 2.05) is 29.2 Å². The maximum absolute atomic E-state index is 13.5. The van der Waals surface area contributed by atoms with Crippen LogP contribution < -0.4 is 9.47 Å². The summed E-state index contributed by atoms with van der Waals surface area (Å²) in [6, 6.07) is 7.98. The van der Waals surface area contributed by atoms with Crippen LogP contribution in [0, 0.1) is 11.8 Å². The molecule has 3 unspecified atom stereocenters. The van der Waals surface area contributed by atoms with E-state index in [0.29, 0.717) is 38.2 Å². The molecule has 2 heterocycles. The molecular weight excluding hydrogens is 506 g/mol. The number of aryl methyl sites for hydroxylation is 1. The van der Waals surface area contributed by atoms with Crippen molar-refractivity contribution in [1.29, 1.82) is 0 Å². The minimum atomic E-state index is 0.0162. The molecule has 1 aromatic carbocycles. The Morgan fingerprint density at radius 3 is 2.49 bits per heavy atom. The van der Waals surface area contributed by atoms with Crippen molar-refractivity contribution in [2.45, 2.75) is 63.8 Å². The van der Waals surface area contributed by atoms with E-state index in [4.69, 9.17) is 31.2 Å². The number of thiocarbonyl (C=S) groups is 1. The summed E-state index contributed by atoms with van der Waals surface area (Å²) in [5.41, 5.74) is 1.91. The standard InChI is InChI=1S/C29H35NO5S2/c1-33-22-13-21(14-23(16-22)34-2)25-15-20(7-5-3-4-6-10-31)26(35-25)17-27-28(32)30(29(36)37-27)24-12-18-8-9-19(24)11-18/h13-19,24,31H,3-12H2,1-2H3. The molecule has 0 radical (unpaired) electrons. The zero-order valence-electron chi connectivity index (χ0n) is 21.5. The Morgan fingerprint density at radius 2 is 1.84 bits per heavy atom. The highest BCUT2D eigenvalue weighted by molar-refractivity contribution is 8.26. The van der Waals surface area contributed by atoms with E-state index in [-0.39, 0.29) is 18.6 Å². The molecule has 2 saturated carbocycles. The first-order chi connectivity index (χ1) is 18.0. The Bertz CT molecular complexity index is 1170. The smallest absolute Gasteiger partial charge is 0.266 e. The molecule has 37 heavy (non-hydrogen) atoms. The van der Waals surface area contributed by atoms with Crippen LogP contribution in [0.5, 0.6) is 11.5 Å². The number of amides is 1.